The van der Waals surface area contributed by atoms with E-state index in [0.29, 0.717) is 31.7 Å². The van der Waals surface area contributed by atoms with Crippen LogP contribution in [0.25, 0.3) is 0 Å². The molecule has 1 atom stereocenters. The molecule has 1 fully saturated rings. The Morgan fingerprint density at radius 3 is 2.33 bits per heavy atom. The topological polar surface area (TPSA) is 93.5 Å². The molecule has 0 spiro atoms. The molecular formula is C24H28N4O4S. The summed E-state index contributed by atoms with van der Waals surface area (Å²) < 4.78 is 34.4. The van der Waals surface area contributed by atoms with Crippen LogP contribution in [0.4, 0.5) is 0 Å². The SMILES string of the molecule is COc1ccc(S(=O)(=O)N2CCC(C(=O)NC(c3ccccc3)c3nccn3C)CC2)cc1. The lowest BCUT2D eigenvalue weighted by molar-refractivity contribution is -0.126. The highest BCUT2D eigenvalue weighted by molar-refractivity contribution is 7.89. The average Bonchev–Trinajstić information content (AvgIpc) is 3.28. The minimum Gasteiger partial charge on any atom is -0.497 e. The van der Waals surface area contributed by atoms with Gasteiger partial charge in [0.25, 0.3) is 0 Å². The molecule has 2 heterocycles. The van der Waals surface area contributed by atoms with E-state index >= 15 is 0 Å². The second kappa shape index (κ2) is 9.76. The number of aryl methyl sites for hydroxylation is 1. The molecule has 1 aromatic heterocycles. The smallest absolute Gasteiger partial charge is 0.243 e. The van der Waals surface area contributed by atoms with Gasteiger partial charge in [-0.2, -0.15) is 4.31 Å². The number of ether oxygens (including phenoxy) is 1. The van der Waals surface area contributed by atoms with E-state index in [9.17, 15) is 13.2 Å². The quantitative estimate of drug-likeness (QED) is 0.576. The van der Waals surface area contributed by atoms with Crippen LogP contribution in [0.5, 0.6) is 5.75 Å². The highest BCUT2D eigenvalue weighted by Gasteiger charge is 2.33. The number of nitrogens with zero attached hydrogens (tertiary/aromatic N) is 3. The van der Waals surface area contributed by atoms with Crippen LogP contribution in [0.3, 0.4) is 0 Å². The number of sulfonamides is 1. The van der Waals surface area contributed by atoms with Crippen molar-refractivity contribution < 1.29 is 17.9 Å². The number of amides is 1. The Morgan fingerprint density at radius 2 is 1.76 bits per heavy atom. The molecule has 3 aromatic rings. The number of carbonyl (C=O) groups excluding carboxylic acids is 1. The van der Waals surface area contributed by atoms with Crippen molar-refractivity contribution in [3.63, 3.8) is 0 Å². The summed E-state index contributed by atoms with van der Waals surface area (Å²) in [5, 5.41) is 3.14. The maximum absolute atomic E-state index is 13.2. The van der Waals surface area contributed by atoms with Gasteiger partial charge in [0.2, 0.25) is 15.9 Å². The lowest BCUT2D eigenvalue weighted by Gasteiger charge is -2.31. The molecule has 1 amide bonds. The number of aromatic nitrogens is 2. The van der Waals surface area contributed by atoms with Gasteiger partial charge in [0.1, 0.15) is 17.6 Å². The summed E-state index contributed by atoms with van der Waals surface area (Å²) in [6, 6.07) is 15.7. The summed E-state index contributed by atoms with van der Waals surface area (Å²) in [6.07, 6.45) is 4.48. The summed E-state index contributed by atoms with van der Waals surface area (Å²) in [7, 11) is -0.178. The fourth-order valence-electron chi connectivity index (χ4n) is 4.11. The first kappa shape index (κ1) is 23.0. The van der Waals surface area contributed by atoms with E-state index in [-0.39, 0.29) is 22.8 Å². The van der Waals surface area contributed by atoms with Gasteiger partial charge in [0.05, 0.1) is 12.0 Å². The third-order valence-corrected chi connectivity index (χ3v) is 7.97. The molecule has 1 unspecified atom stereocenters. The first-order chi connectivity index (χ1) is 15.9. The van der Waals surface area contributed by atoms with E-state index in [2.05, 4.69) is 10.3 Å². The van der Waals surface area contributed by atoms with Gasteiger partial charge >= 0.3 is 0 Å². The van der Waals surface area contributed by atoms with E-state index in [4.69, 9.17) is 4.74 Å². The van der Waals surface area contributed by atoms with Gasteiger partial charge in [0.15, 0.2) is 0 Å². The predicted molar refractivity (Wildman–Crippen MR) is 124 cm³/mol. The van der Waals surface area contributed by atoms with Crippen LogP contribution in [0.1, 0.15) is 30.3 Å². The molecule has 1 saturated heterocycles. The molecule has 1 aliphatic rings. The second-order valence-electron chi connectivity index (χ2n) is 8.10. The van der Waals surface area contributed by atoms with Gasteiger partial charge in [-0.15, -0.1) is 0 Å². The number of benzene rings is 2. The number of imidazole rings is 1. The maximum atomic E-state index is 13.2. The molecule has 0 radical (unpaired) electrons. The lowest BCUT2D eigenvalue weighted by Crippen LogP contribution is -2.44. The van der Waals surface area contributed by atoms with Gasteiger partial charge in [-0.05, 0) is 42.7 Å². The normalized spacial score (nSPS) is 16.3. The monoisotopic (exact) mass is 468 g/mol. The fraction of sp³-hybridized carbons (Fsp3) is 0.333. The number of rotatable bonds is 7. The molecule has 174 valence electrons. The van der Waals surface area contributed by atoms with E-state index in [1.807, 2.05) is 48.1 Å². The third kappa shape index (κ3) is 4.94. The van der Waals surface area contributed by atoms with E-state index < -0.39 is 10.0 Å². The van der Waals surface area contributed by atoms with Crippen LogP contribution in [-0.4, -0.2) is 48.4 Å². The van der Waals surface area contributed by atoms with E-state index in [1.165, 1.54) is 11.4 Å². The van der Waals surface area contributed by atoms with Gasteiger partial charge in [-0.1, -0.05) is 30.3 Å². The predicted octanol–water partition coefficient (Wildman–Crippen LogP) is 2.74. The highest BCUT2D eigenvalue weighted by atomic mass is 32.2. The zero-order chi connectivity index (χ0) is 23.4. The number of hydrogen-bond donors (Lipinski definition) is 1. The summed E-state index contributed by atoms with van der Waals surface area (Å²) in [5.41, 5.74) is 0.944. The molecule has 33 heavy (non-hydrogen) atoms. The molecule has 4 rings (SSSR count). The van der Waals surface area contributed by atoms with Crippen molar-refractivity contribution in [2.75, 3.05) is 20.2 Å². The van der Waals surface area contributed by atoms with Crippen LogP contribution < -0.4 is 10.1 Å². The van der Waals surface area contributed by atoms with Crippen molar-refractivity contribution in [2.45, 2.75) is 23.8 Å². The lowest BCUT2D eigenvalue weighted by atomic mass is 9.96. The number of hydrogen-bond acceptors (Lipinski definition) is 5. The minimum absolute atomic E-state index is 0.0895. The number of carbonyl (C=O) groups is 1. The Bertz CT molecular complexity index is 1180. The van der Waals surface area contributed by atoms with Crippen molar-refractivity contribution in [1.29, 1.82) is 0 Å². The number of nitrogens with one attached hydrogen (secondary N) is 1. The summed E-state index contributed by atoms with van der Waals surface area (Å²) in [5.74, 6) is 0.992. The van der Waals surface area contributed by atoms with Crippen LogP contribution in [0.2, 0.25) is 0 Å². The van der Waals surface area contributed by atoms with E-state index in [0.717, 1.165) is 11.4 Å². The molecule has 8 nitrogen and oxygen atoms in total. The third-order valence-electron chi connectivity index (χ3n) is 6.06. The Kier molecular flexibility index (Phi) is 6.80. The molecule has 1 N–H and O–H groups in total. The number of methoxy groups -OCH3 is 1. The molecule has 1 aliphatic heterocycles. The molecular weight excluding hydrogens is 440 g/mol. The van der Waals surface area contributed by atoms with Gasteiger partial charge < -0.3 is 14.6 Å². The second-order valence-corrected chi connectivity index (χ2v) is 10.0. The van der Waals surface area contributed by atoms with Crippen molar-refractivity contribution in [2.24, 2.45) is 13.0 Å². The van der Waals surface area contributed by atoms with Crippen molar-refractivity contribution in [1.82, 2.24) is 19.2 Å². The van der Waals surface area contributed by atoms with Crippen LogP contribution in [0, 0.1) is 5.92 Å². The molecule has 9 heteroatoms. The largest absolute Gasteiger partial charge is 0.497 e. The Balaban J connectivity index is 1.43. The average molecular weight is 469 g/mol. The standard InChI is InChI=1S/C24H28N4O4S/c1-27-17-14-25-23(27)22(18-6-4-3-5-7-18)26-24(29)19-12-15-28(16-13-19)33(30,31)21-10-8-20(32-2)9-11-21/h3-11,14,17,19,22H,12-13,15-16H2,1-2H3,(H,26,29). The van der Waals surface area contributed by atoms with Crippen molar-refractivity contribution in [3.05, 3.63) is 78.4 Å². The summed E-state index contributed by atoms with van der Waals surface area (Å²) >= 11 is 0. The van der Waals surface area contributed by atoms with E-state index in [1.54, 1.807) is 30.5 Å². The van der Waals surface area contributed by atoms with Gasteiger partial charge in [-0.25, -0.2) is 13.4 Å². The van der Waals surface area contributed by atoms with Crippen molar-refractivity contribution >= 4 is 15.9 Å². The molecule has 0 saturated carbocycles. The van der Waals surface area contributed by atoms with Crippen LogP contribution in [-0.2, 0) is 21.9 Å². The van der Waals surface area contributed by atoms with Gasteiger partial charge in [0, 0.05) is 38.4 Å². The summed E-state index contributed by atoms with van der Waals surface area (Å²) in [6.45, 7) is 0.593. The molecule has 2 aromatic carbocycles. The fourth-order valence-corrected chi connectivity index (χ4v) is 5.58. The Morgan fingerprint density at radius 1 is 1.09 bits per heavy atom. The minimum atomic E-state index is -3.61. The zero-order valence-electron chi connectivity index (χ0n) is 18.7. The Hall–Kier alpha value is -3.17. The Labute approximate surface area is 194 Å². The van der Waals surface area contributed by atoms with Crippen LogP contribution in [0.15, 0.2) is 71.9 Å². The van der Waals surface area contributed by atoms with Gasteiger partial charge in [-0.3, -0.25) is 4.79 Å². The first-order valence-electron chi connectivity index (χ1n) is 10.9. The number of piperidine rings is 1. The first-order valence-corrected chi connectivity index (χ1v) is 12.3. The molecule has 0 aliphatic carbocycles. The zero-order valence-corrected chi connectivity index (χ0v) is 19.5. The maximum Gasteiger partial charge on any atom is 0.243 e. The molecule has 0 bridgehead atoms. The summed E-state index contributed by atoms with van der Waals surface area (Å²) in [4.78, 5) is 17.8. The van der Waals surface area contributed by atoms with Crippen molar-refractivity contribution in [3.8, 4) is 5.75 Å². The van der Waals surface area contributed by atoms with Crippen LogP contribution >= 0.6 is 0 Å². The highest BCUT2D eigenvalue weighted by Crippen LogP contribution is 2.27.